The largest absolute Gasteiger partial charge is 0.398 e. The van der Waals surface area contributed by atoms with Crippen LogP contribution < -0.4 is 5.73 Å². The number of aromatic nitrogens is 1. The fraction of sp³-hybridized carbons (Fsp3) is 0. The molecular weight excluding hydrogens is 211 g/mol. The number of nitrogens with two attached hydrogens (primary N) is 1. The van der Waals surface area contributed by atoms with Gasteiger partial charge < -0.3 is 5.73 Å². The number of rotatable bonds is 2. The number of hydrogen-bond donors (Lipinski definition) is 1. The van der Waals surface area contributed by atoms with Gasteiger partial charge in [0.25, 0.3) is 0 Å². The standard InChI is InChI=1S/C11H9FN2S/c12-8-4-3-7-14-11(8)15-10-6-2-1-5-9(10)13/h1-7H,13H2. The SMILES string of the molecule is Nc1ccccc1Sc1ncccc1F. The fourth-order valence-corrected chi connectivity index (χ4v) is 1.94. The molecule has 1 aromatic heterocycles. The van der Waals surface area contributed by atoms with Crippen LogP contribution in [-0.2, 0) is 0 Å². The topological polar surface area (TPSA) is 38.9 Å². The van der Waals surface area contributed by atoms with Crippen LogP contribution in [0, 0.1) is 5.82 Å². The zero-order chi connectivity index (χ0) is 10.7. The van der Waals surface area contributed by atoms with Gasteiger partial charge in [-0.1, -0.05) is 23.9 Å². The molecule has 76 valence electrons. The highest BCUT2D eigenvalue weighted by Gasteiger charge is 2.06. The molecule has 0 fully saturated rings. The molecule has 0 bridgehead atoms. The highest BCUT2D eigenvalue weighted by molar-refractivity contribution is 7.99. The minimum Gasteiger partial charge on any atom is -0.398 e. The maximum absolute atomic E-state index is 13.3. The van der Waals surface area contributed by atoms with Crippen LogP contribution in [0.3, 0.4) is 0 Å². The Morgan fingerprint density at radius 3 is 2.67 bits per heavy atom. The van der Waals surface area contributed by atoms with Gasteiger partial charge in [0.1, 0.15) is 5.03 Å². The summed E-state index contributed by atoms with van der Waals surface area (Å²) >= 11 is 1.23. The first-order chi connectivity index (χ1) is 7.27. The Kier molecular flexibility index (Phi) is 2.87. The number of hydrogen-bond acceptors (Lipinski definition) is 3. The van der Waals surface area contributed by atoms with Crippen molar-refractivity contribution in [2.24, 2.45) is 0 Å². The van der Waals surface area contributed by atoms with Crippen molar-refractivity contribution in [3.05, 3.63) is 48.4 Å². The number of para-hydroxylation sites is 1. The second kappa shape index (κ2) is 4.31. The van der Waals surface area contributed by atoms with Gasteiger partial charge in [0.05, 0.1) is 0 Å². The Morgan fingerprint density at radius 1 is 1.13 bits per heavy atom. The molecular formula is C11H9FN2S. The molecule has 15 heavy (non-hydrogen) atoms. The van der Waals surface area contributed by atoms with Crippen LogP contribution in [0.25, 0.3) is 0 Å². The number of halogens is 1. The third-order valence-corrected chi connectivity index (χ3v) is 2.94. The van der Waals surface area contributed by atoms with E-state index in [-0.39, 0.29) is 5.82 Å². The maximum atomic E-state index is 13.3. The lowest BCUT2D eigenvalue weighted by Crippen LogP contribution is -1.89. The van der Waals surface area contributed by atoms with E-state index in [0.717, 1.165) is 4.90 Å². The van der Waals surface area contributed by atoms with Gasteiger partial charge >= 0.3 is 0 Å². The molecule has 0 aliphatic heterocycles. The van der Waals surface area contributed by atoms with Crippen molar-refractivity contribution < 1.29 is 4.39 Å². The summed E-state index contributed by atoms with van der Waals surface area (Å²) in [5, 5.41) is 0.343. The molecule has 2 rings (SSSR count). The number of benzene rings is 1. The van der Waals surface area contributed by atoms with Crippen molar-refractivity contribution in [1.29, 1.82) is 0 Å². The number of nitrogen functional groups attached to an aromatic ring is 1. The van der Waals surface area contributed by atoms with E-state index in [9.17, 15) is 4.39 Å². The summed E-state index contributed by atoms with van der Waals surface area (Å²) in [4.78, 5) is 4.76. The summed E-state index contributed by atoms with van der Waals surface area (Å²) in [5.74, 6) is -0.328. The van der Waals surface area contributed by atoms with Crippen LogP contribution in [0.5, 0.6) is 0 Å². The van der Waals surface area contributed by atoms with E-state index in [1.165, 1.54) is 17.8 Å². The van der Waals surface area contributed by atoms with E-state index in [0.29, 0.717) is 10.7 Å². The number of pyridine rings is 1. The molecule has 2 N–H and O–H groups in total. The summed E-state index contributed by atoms with van der Waals surface area (Å²) in [7, 11) is 0. The Hall–Kier alpha value is -1.55. The average molecular weight is 220 g/mol. The minimum atomic E-state index is -0.328. The van der Waals surface area contributed by atoms with Crippen LogP contribution in [0.4, 0.5) is 10.1 Å². The lowest BCUT2D eigenvalue weighted by Gasteiger charge is -2.04. The van der Waals surface area contributed by atoms with Gasteiger partial charge in [-0.2, -0.15) is 0 Å². The molecule has 0 radical (unpaired) electrons. The zero-order valence-corrected chi connectivity index (χ0v) is 8.67. The van der Waals surface area contributed by atoms with E-state index in [1.54, 1.807) is 18.3 Å². The quantitative estimate of drug-likeness (QED) is 0.791. The summed E-state index contributed by atoms with van der Waals surface area (Å²) in [6.45, 7) is 0. The van der Waals surface area contributed by atoms with E-state index < -0.39 is 0 Å². The second-order valence-electron chi connectivity index (χ2n) is 2.93. The fourth-order valence-electron chi connectivity index (χ4n) is 1.12. The first kappa shape index (κ1) is 9.98. The van der Waals surface area contributed by atoms with Crippen LogP contribution in [0.2, 0.25) is 0 Å². The summed E-state index contributed by atoms with van der Waals surface area (Å²) in [5.41, 5.74) is 6.38. The summed E-state index contributed by atoms with van der Waals surface area (Å²) < 4.78 is 13.3. The smallest absolute Gasteiger partial charge is 0.155 e. The number of nitrogens with zero attached hydrogens (tertiary/aromatic N) is 1. The van der Waals surface area contributed by atoms with Crippen LogP contribution >= 0.6 is 11.8 Å². The predicted molar refractivity (Wildman–Crippen MR) is 59.2 cm³/mol. The highest BCUT2D eigenvalue weighted by Crippen LogP contribution is 2.31. The summed E-state index contributed by atoms with van der Waals surface area (Å²) in [6, 6.07) is 10.3. The minimum absolute atomic E-state index is 0.328. The van der Waals surface area contributed by atoms with Gasteiger partial charge in [0, 0.05) is 16.8 Å². The normalized spacial score (nSPS) is 10.2. The monoisotopic (exact) mass is 220 g/mol. The molecule has 4 heteroatoms. The van der Waals surface area contributed by atoms with Gasteiger partial charge in [-0.25, -0.2) is 9.37 Å². The van der Waals surface area contributed by atoms with Crippen LogP contribution in [0.1, 0.15) is 0 Å². The molecule has 2 nitrogen and oxygen atoms in total. The number of anilines is 1. The molecule has 0 unspecified atom stereocenters. The molecule has 1 aromatic carbocycles. The molecule has 0 saturated heterocycles. The predicted octanol–water partition coefficient (Wildman–Crippen LogP) is 2.95. The van der Waals surface area contributed by atoms with Crippen molar-refractivity contribution in [3.63, 3.8) is 0 Å². The molecule has 0 saturated carbocycles. The van der Waals surface area contributed by atoms with Gasteiger partial charge in [0.2, 0.25) is 0 Å². The lowest BCUT2D eigenvalue weighted by atomic mass is 10.3. The van der Waals surface area contributed by atoms with Gasteiger partial charge in [0.15, 0.2) is 5.82 Å². The first-order valence-corrected chi connectivity index (χ1v) is 5.22. The lowest BCUT2D eigenvalue weighted by molar-refractivity contribution is 0.588. The van der Waals surface area contributed by atoms with Crippen molar-refractivity contribution in [2.75, 3.05) is 5.73 Å². The van der Waals surface area contributed by atoms with E-state index in [4.69, 9.17) is 5.73 Å². The Morgan fingerprint density at radius 2 is 1.93 bits per heavy atom. The third-order valence-electron chi connectivity index (χ3n) is 1.85. The molecule has 0 aliphatic carbocycles. The molecule has 0 atom stereocenters. The molecule has 0 aliphatic rings. The van der Waals surface area contributed by atoms with Crippen LogP contribution in [0.15, 0.2) is 52.5 Å². The van der Waals surface area contributed by atoms with Crippen molar-refractivity contribution in [2.45, 2.75) is 9.92 Å². The zero-order valence-electron chi connectivity index (χ0n) is 7.85. The van der Waals surface area contributed by atoms with E-state index >= 15 is 0 Å². The third kappa shape index (κ3) is 2.27. The second-order valence-corrected chi connectivity index (χ2v) is 3.96. The van der Waals surface area contributed by atoms with Crippen molar-refractivity contribution >= 4 is 17.4 Å². The van der Waals surface area contributed by atoms with Crippen molar-refractivity contribution in [3.8, 4) is 0 Å². The molecule has 2 aromatic rings. The van der Waals surface area contributed by atoms with Crippen molar-refractivity contribution in [1.82, 2.24) is 4.98 Å². The highest BCUT2D eigenvalue weighted by atomic mass is 32.2. The molecule has 0 amide bonds. The summed E-state index contributed by atoms with van der Waals surface area (Å²) in [6.07, 6.45) is 1.56. The average Bonchev–Trinajstić information content (AvgIpc) is 2.24. The Labute approximate surface area is 91.3 Å². The Balaban J connectivity index is 2.30. The van der Waals surface area contributed by atoms with Gasteiger partial charge in [-0.15, -0.1) is 0 Å². The maximum Gasteiger partial charge on any atom is 0.155 e. The Bertz CT molecular complexity index is 430. The van der Waals surface area contributed by atoms with Crippen LogP contribution in [-0.4, -0.2) is 4.98 Å². The van der Waals surface area contributed by atoms with Gasteiger partial charge in [-0.3, -0.25) is 0 Å². The van der Waals surface area contributed by atoms with Gasteiger partial charge in [-0.05, 0) is 24.3 Å². The molecule has 1 heterocycles. The van der Waals surface area contributed by atoms with E-state index in [1.807, 2.05) is 18.2 Å². The van der Waals surface area contributed by atoms with E-state index in [2.05, 4.69) is 4.98 Å². The molecule has 0 spiro atoms. The first-order valence-electron chi connectivity index (χ1n) is 4.40.